The van der Waals surface area contributed by atoms with Crippen LogP contribution in [0.15, 0.2) is 41.0 Å². The number of hydrogen-bond donors (Lipinski definition) is 2. The van der Waals surface area contributed by atoms with Crippen LogP contribution in [0, 0.1) is 11.6 Å². The number of halogens is 2. The Morgan fingerprint density at radius 2 is 1.72 bits per heavy atom. The highest BCUT2D eigenvalue weighted by Gasteiger charge is 2.23. The average molecular weight is 440 g/mol. The Kier molecular flexibility index (Phi) is 5.10. The molecule has 32 heavy (non-hydrogen) atoms. The van der Waals surface area contributed by atoms with Crippen LogP contribution in [0.5, 0.6) is 0 Å². The molecule has 1 saturated heterocycles. The lowest BCUT2D eigenvalue weighted by molar-refractivity contribution is 0.259. The normalized spacial score (nSPS) is 15.0. The van der Waals surface area contributed by atoms with Crippen molar-refractivity contribution in [3.63, 3.8) is 0 Å². The highest BCUT2D eigenvalue weighted by atomic mass is 19.1. The van der Waals surface area contributed by atoms with E-state index < -0.39 is 11.6 Å². The van der Waals surface area contributed by atoms with Crippen LogP contribution in [-0.4, -0.2) is 57.2 Å². The first-order valence-electron chi connectivity index (χ1n) is 10.3. The first-order valence-corrected chi connectivity index (χ1v) is 10.3. The van der Waals surface area contributed by atoms with Gasteiger partial charge in [0.1, 0.15) is 29.0 Å². The van der Waals surface area contributed by atoms with Gasteiger partial charge in [0, 0.05) is 38.3 Å². The van der Waals surface area contributed by atoms with E-state index in [0.29, 0.717) is 73.7 Å². The summed E-state index contributed by atoms with van der Waals surface area (Å²) in [5.74, 6) is 0.794. The Morgan fingerprint density at radius 1 is 0.969 bits per heavy atom. The smallest absolute Gasteiger partial charge is 0.256 e. The molecule has 11 heteroatoms. The van der Waals surface area contributed by atoms with E-state index >= 15 is 0 Å². The third kappa shape index (κ3) is 3.60. The van der Waals surface area contributed by atoms with Gasteiger partial charge in [-0.05, 0) is 30.7 Å². The van der Waals surface area contributed by atoms with E-state index in [0.717, 1.165) is 0 Å². The summed E-state index contributed by atoms with van der Waals surface area (Å²) in [6.07, 6.45) is 2.10. The summed E-state index contributed by atoms with van der Waals surface area (Å²) in [6, 6.07) is 7.43. The molecule has 3 aromatic heterocycles. The number of fused-ring (bicyclic) bond motifs is 1. The van der Waals surface area contributed by atoms with E-state index in [-0.39, 0.29) is 5.69 Å². The number of para-hydroxylation sites is 1. The molecule has 0 unspecified atom stereocenters. The molecule has 0 radical (unpaired) electrons. The minimum atomic E-state index is -0.542. The van der Waals surface area contributed by atoms with Crippen molar-refractivity contribution in [1.29, 1.82) is 0 Å². The van der Waals surface area contributed by atoms with Gasteiger partial charge in [-0.15, -0.1) is 5.10 Å². The van der Waals surface area contributed by atoms with Gasteiger partial charge in [-0.1, -0.05) is 6.07 Å². The first kappa shape index (κ1) is 20.2. The van der Waals surface area contributed by atoms with Crippen LogP contribution in [0.2, 0.25) is 0 Å². The zero-order valence-corrected chi connectivity index (χ0v) is 17.2. The monoisotopic (exact) mass is 440 g/mol. The summed E-state index contributed by atoms with van der Waals surface area (Å²) in [6.45, 7) is 3.05. The zero-order valence-electron chi connectivity index (χ0n) is 17.2. The van der Waals surface area contributed by atoms with Crippen LogP contribution in [0.3, 0.4) is 0 Å². The van der Waals surface area contributed by atoms with E-state index in [1.54, 1.807) is 17.0 Å². The topological polar surface area (TPSA) is 115 Å². The van der Waals surface area contributed by atoms with Crippen molar-refractivity contribution in [2.45, 2.75) is 6.42 Å². The Balaban J connectivity index is 1.28. The van der Waals surface area contributed by atoms with E-state index in [1.165, 1.54) is 29.0 Å². The molecule has 0 atom stereocenters. The van der Waals surface area contributed by atoms with Crippen LogP contribution in [0.25, 0.3) is 17.4 Å². The minimum Gasteiger partial charge on any atom is -0.461 e. The quantitative estimate of drug-likeness (QED) is 0.485. The third-order valence-electron chi connectivity index (χ3n) is 5.70. The molecule has 4 aromatic rings. The van der Waals surface area contributed by atoms with Gasteiger partial charge in [0.05, 0.1) is 6.26 Å². The number of benzene rings is 1. The van der Waals surface area contributed by atoms with Crippen LogP contribution in [0.4, 0.5) is 26.1 Å². The summed E-state index contributed by atoms with van der Waals surface area (Å²) in [5.41, 5.74) is 13.2. The Morgan fingerprint density at radius 3 is 2.41 bits per heavy atom. The summed E-state index contributed by atoms with van der Waals surface area (Å²) >= 11 is 0. The number of nitrogens with zero attached hydrogens (tertiary/aromatic N) is 6. The SMILES string of the molecule is Nc1nc2nc(-c3ccco3)nn2c(N)c1CCN1CCN(c2c(F)cccc2F)CC1. The fourth-order valence-corrected chi connectivity index (χ4v) is 3.99. The molecule has 0 bridgehead atoms. The fourth-order valence-electron chi connectivity index (χ4n) is 3.99. The second-order valence-corrected chi connectivity index (χ2v) is 7.63. The number of rotatable bonds is 5. The van der Waals surface area contributed by atoms with Crippen molar-refractivity contribution in [3.8, 4) is 11.6 Å². The summed E-state index contributed by atoms with van der Waals surface area (Å²) < 4.78 is 34.9. The molecule has 1 fully saturated rings. The van der Waals surface area contributed by atoms with Gasteiger partial charge < -0.3 is 20.8 Å². The lowest BCUT2D eigenvalue weighted by atomic mass is 10.1. The molecular formula is C21H22F2N8O. The number of anilines is 3. The largest absolute Gasteiger partial charge is 0.461 e. The highest BCUT2D eigenvalue weighted by Crippen LogP contribution is 2.25. The average Bonchev–Trinajstić information content (AvgIpc) is 3.44. The van der Waals surface area contributed by atoms with Crippen molar-refractivity contribution < 1.29 is 13.2 Å². The lowest BCUT2D eigenvalue weighted by Gasteiger charge is -2.36. The molecule has 1 aliphatic rings. The van der Waals surface area contributed by atoms with Crippen LogP contribution >= 0.6 is 0 Å². The van der Waals surface area contributed by atoms with Crippen LogP contribution in [-0.2, 0) is 6.42 Å². The molecule has 0 spiro atoms. The number of nitrogen functional groups attached to an aromatic ring is 2. The summed E-state index contributed by atoms with van der Waals surface area (Å²) in [4.78, 5) is 12.6. The maximum absolute atomic E-state index is 14.1. The summed E-state index contributed by atoms with van der Waals surface area (Å²) in [5, 5.41) is 4.39. The molecule has 166 valence electrons. The Bertz CT molecular complexity index is 1230. The van der Waals surface area contributed by atoms with Crippen LogP contribution < -0.4 is 16.4 Å². The molecule has 0 amide bonds. The zero-order chi connectivity index (χ0) is 22.2. The molecular weight excluding hydrogens is 418 g/mol. The fraction of sp³-hybridized carbons (Fsp3) is 0.286. The minimum absolute atomic E-state index is 0.0360. The molecule has 5 rings (SSSR count). The molecule has 1 aliphatic heterocycles. The highest BCUT2D eigenvalue weighted by molar-refractivity contribution is 5.61. The maximum atomic E-state index is 14.1. The van der Waals surface area contributed by atoms with Crippen molar-refractivity contribution >= 4 is 23.1 Å². The molecule has 0 aliphatic carbocycles. The summed E-state index contributed by atoms with van der Waals surface area (Å²) in [7, 11) is 0. The number of aromatic nitrogens is 4. The Hall–Kier alpha value is -3.73. The number of piperazine rings is 1. The van der Waals surface area contributed by atoms with E-state index in [1.807, 2.05) is 0 Å². The van der Waals surface area contributed by atoms with Crippen molar-refractivity contribution in [1.82, 2.24) is 24.5 Å². The van der Waals surface area contributed by atoms with Gasteiger partial charge in [0.15, 0.2) is 5.76 Å². The first-order chi connectivity index (χ1) is 15.5. The lowest BCUT2D eigenvalue weighted by Crippen LogP contribution is -2.47. The van der Waals surface area contributed by atoms with Gasteiger partial charge in [0.25, 0.3) is 5.78 Å². The molecule has 1 aromatic carbocycles. The predicted octanol–water partition coefficient (Wildman–Crippen LogP) is 2.19. The van der Waals surface area contributed by atoms with E-state index in [4.69, 9.17) is 15.9 Å². The van der Waals surface area contributed by atoms with Crippen molar-refractivity contribution in [2.24, 2.45) is 0 Å². The molecule has 9 nitrogen and oxygen atoms in total. The van der Waals surface area contributed by atoms with Gasteiger partial charge >= 0.3 is 0 Å². The van der Waals surface area contributed by atoms with Gasteiger partial charge in [-0.2, -0.15) is 14.5 Å². The number of nitrogens with two attached hydrogens (primary N) is 2. The van der Waals surface area contributed by atoms with Gasteiger partial charge in [0.2, 0.25) is 5.82 Å². The van der Waals surface area contributed by atoms with Gasteiger partial charge in [-0.25, -0.2) is 8.78 Å². The van der Waals surface area contributed by atoms with E-state index in [2.05, 4.69) is 20.0 Å². The Labute approximate surface area is 182 Å². The predicted molar refractivity (Wildman–Crippen MR) is 116 cm³/mol. The number of furan rings is 1. The maximum Gasteiger partial charge on any atom is 0.256 e. The number of hydrogen-bond acceptors (Lipinski definition) is 8. The molecule has 4 N–H and O–H groups in total. The van der Waals surface area contributed by atoms with Crippen molar-refractivity contribution in [2.75, 3.05) is 49.1 Å². The third-order valence-corrected chi connectivity index (χ3v) is 5.70. The second kappa shape index (κ2) is 8.08. The standard InChI is InChI=1S/C21H22F2N8O/c22-14-3-1-4-15(23)17(14)30-10-8-29(9-11-30)7-6-13-18(24)26-21-27-20(16-5-2-12-32-16)28-31(21)19(13)25/h1-5,12H,6-11,25H2,(H2,24,26,27,28). The van der Waals surface area contributed by atoms with Gasteiger partial charge in [-0.3, -0.25) is 4.90 Å². The second-order valence-electron chi connectivity index (χ2n) is 7.63. The molecule has 4 heterocycles. The molecule has 0 saturated carbocycles. The van der Waals surface area contributed by atoms with Crippen LogP contribution in [0.1, 0.15) is 5.56 Å². The van der Waals surface area contributed by atoms with E-state index in [9.17, 15) is 8.78 Å². The van der Waals surface area contributed by atoms with Crippen molar-refractivity contribution in [3.05, 3.63) is 53.8 Å².